The van der Waals surface area contributed by atoms with Crippen LogP contribution in [-0.4, -0.2) is 18.1 Å². The van der Waals surface area contributed by atoms with Crippen molar-refractivity contribution < 1.29 is 14.3 Å². The van der Waals surface area contributed by atoms with E-state index in [2.05, 4.69) is 51.2 Å². The number of aryl methyl sites for hydroxylation is 2. The zero-order valence-electron chi connectivity index (χ0n) is 17.8. The molecule has 2 aromatic carbocycles. The van der Waals surface area contributed by atoms with E-state index in [0.29, 0.717) is 5.92 Å². The second-order valence-corrected chi connectivity index (χ2v) is 8.71. The summed E-state index contributed by atoms with van der Waals surface area (Å²) in [6.45, 7) is 12.4. The van der Waals surface area contributed by atoms with E-state index in [9.17, 15) is 4.79 Å². The van der Waals surface area contributed by atoms with E-state index in [1.165, 1.54) is 0 Å². The number of carbonyl (C=O) groups excluding carboxylic acids is 1. The second kappa shape index (κ2) is 7.86. The molecule has 1 aliphatic rings. The van der Waals surface area contributed by atoms with E-state index < -0.39 is 0 Å². The van der Waals surface area contributed by atoms with Crippen LogP contribution in [0.4, 0.5) is 0 Å². The van der Waals surface area contributed by atoms with Gasteiger partial charge in [-0.1, -0.05) is 38.1 Å². The van der Waals surface area contributed by atoms with E-state index in [0.717, 1.165) is 40.2 Å². The van der Waals surface area contributed by atoms with Crippen molar-refractivity contribution in [3.8, 4) is 11.5 Å². The van der Waals surface area contributed by atoms with Crippen molar-refractivity contribution >= 4 is 5.91 Å². The average Bonchev–Trinajstić information content (AvgIpc) is 2.58. The van der Waals surface area contributed by atoms with Gasteiger partial charge in [0.2, 0.25) is 0 Å². The van der Waals surface area contributed by atoms with Crippen molar-refractivity contribution in [1.82, 2.24) is 5.32 Å². The summed E-state index contributed by atoms with van der Waals surface area (Å²) in [6.07, 6.45) is 0.719. The predicted octanol–water partition coefficient (Wildman–Crippen LogP) is 5.22. The maximum atomic E-state index is 12.7. The summed E-state index contributed by atoms with van der Waals surface area (Å²) in [5.41, 5.74) is 4.07. The van der Waals surface area contributed by atoms with Crippen LogP contribution in [0.15, 0.2) is 36.4 Å². The third-order valence-electron chi connectivity index (χ3n) is 5.11. The Labute approximate surface area is 168 Å². The van der Waals surface area contributed by atoms with Gasteiger partial charge >= 0.3 is 0 Å². The molecule has 4 heteroatoms. The molecule has 150 valence electrons. The lowest BCUT2D eigenvalue weighted by Crippen LogP contribution is -2.42. The van der Waals surface area contributed by atoms with Gasteiger partial charge in [0.1, 0.15) is 17.1 Å². The molecular weight excluding hydrogens is 350 g/mol. The molecule has 0 saturated heterocycles. The van der Waals surface area contributed by atoms with E-state index in [1.807, 2.05) is 32.0 Å². The normalized spacial score (nSPS) is 17.6. The lowest BCUT2D eigenvalue weighted by atomic mass is 9.89. The first-order valence-corrected chi connectivity index (χ1v) is 9.97. The number of rotatable bonds is 5. The maximum Gasteiger partial charge on any atom is 0.258 e. The van der Waals surface area contributed by atoms with Crippen LogP contribution in [0, 0.1) is 13.8 Å². The molecule has 28 heavy (non-hydrogen) atoms. The number of nitrogens with one attached hydrogen (secondary N) is 1. The fourth-order valence-corrected chi connectivity index (χ4v) is 3.71. The maximum absolute atomic E-state index is 12.7. The van der Waals surface area contributed by atoms with Gasteiger partial charge in [0.05, 0.1) is 6.04 Å². The van der Waals surface area contributed by atoms with Crippen molar-refractivity contribution in [1.29, 1.82) is 0 Å². The predicted molar refractivity (Wildman–Crippen MR) is 112 cm³/mol. The molecule has 1 amide bonds. The van der Waals surface area contributed by atoms with Crippen LogP contribution in [0.25, 0.3) is 0 Å². The molecule has 0 aliphatic carbocycles. The van der Waals surface area contributed by atoms with Crippen LogP contribution >= 0.6 is 0 Å². The van der Waals surface area contributed by atoms with Gasteiger partial charge in [0.15, 0.2) is 6.61 Å². The highest BCUT2D eigenvalue weighted by atomic mass is 16.5. The third kappa shape index (κ3) is 4.67. The first kappa shape index (κ1) is 20.2. The largest absolute Gasteiger partial charge is 0.487 e. The first-order chi connectivity index (χ1) is 13.1. The lowest BCUT2D eigenvalue weighted by molar-refractivity contribution is -0.124. The molecule has 1 atom stereocenters. The van der Waals surface area contributed by atoms with Crippen molar-refractivity contribution in [2.45, 2.75) is 65.5 Å². The Bertz CT molecular complexity index is 870. The summed E-state index contributed by atoms with van der Waals surface area (Å²) in [5.74, 6) is 1.85. The van der Waals surface area contributed by atoms with Gasteiger partial charge < -0.3 is 14.8 Å². The number of ether oxygens (including phenoxy) is 2. The molecule has 1 aliphatic heterocycles. The highest BCUT2D eigenvalue weighted by Crippen LogP contribution is 2.39. The van der Waals surface area contributed by atoms with Crippen LogP contribution in [0.3, 0.4) is 0 Å². The topological polar surface area (TPSA) is 47.6 Å². The van der Waals surface area contributed by atoms with Crippen LogP contribution in [0.1, 0.15) is 68.3 Å². The molecule has 0 unspecified atom stereocenters. The number of amides is 1. The van der Waals surface area contributed by atoms with Crippen molar-refractivity contribution in [3.63, 3.8) is 0 Å². The molecule has 0 radical (unpaired) electrons. The van der Waals surface area contributed by atoms with E-state index in [-0.39, 0.29) is 24.2 Å². The summed E-state index contributed by atoms with van der Waals surface area (Å²) >= 11 is 0. The van der Waals surface area contributed by atoms with E-state index in [1.54, 1.807) is 0 Å². The van der Waals surface area contributed by atoms with Crippen LogP contribution in [-0.2, 0) is 4.79 Å². The van der Waals surface area contributed by atoms with Gasteiger partial charge in [0.25, 0.3) is 5.91 Å². The summed E-state index contributed by atoms with van der Waals surface area (Å²) in [5, 5.41) is 3.14. The number of benzene rings is 2. The van der Waals surface area contributed by atoms with Crippen molar-refractivity contribution in [2.75, 3.05) is 6.61 Å². The van der Waals surface area contributed by atoms with Gasteiger partial charge in [-0.2, -0.15) is 0 Å². The Kier molecular flexibility index (Phi) is 5.69. The second-order valence-electron chi connectivity index (χ2n) is 8.71. The highest BCUT2D eigenvalue weighted by Gasteiger charge is 2.34. The highest BCUT2D eigenvalue weighted by molar-refractivity contribution is 5.78. The van der Waals surface area contributed by atoms with Crippen LogP contribution in [0.2, 0.25) is 0 Å². The molecule has 0 fully saturated rings. The molecule has 4 nitrogen and oxygen atoms in total. The van der Waals surface area contributed by atoms with E-state index >= 15 is 0 Å². The van der Waals surface area contributed by atoms with Gasteiger partial charge in [-0.25, -0.2) is 0 Å². The molecule has 0 bridgehead atoms. The molecule has 0 spiro atoms. The Hall–Kier alpha value is -2.49. The summed E-state index contributed by atoms with van der Waals surface area (Å²) < 4.78 is 12.0. The molecule has 1 N–H and O–H groups in total. The molecule has 3 rings (SSSR count). The number of fused-ring (bicyclic) bond motifs is 1. The minimum Gasteiger partial charge on any atom is -0.487 e. The monoisotopic (exact) mass is 381 g/mol. The van der Waals surface area contributed by atoms with Gasteiger partial charge in [0, 0.05) is 12.0 Å². The van der Waals surface area contributed by atoms with Crippen molar-refractivity contribution in [2.24, 2.45) is 0 Å². The third-order valence-corrected chi connectivity index (χ3v) is 5.11. The summed E-state index contributed by atoms with van der Waals surface area (Å²) in [4.78, 5) is 12.7. The molecule has 1 heterocycles. The number of hydrogen-bond donors (Lipinski definition) is 1. The minimum atomic E-state index is -0.332. The molecule has 0 aromatic heterocycles. The Morgan fingerprint density at radius 1 is 1.18 bits per heavy atom. The van der Waals surface area contributed by atoms with E-state index in [4.69, 9.17) is 9.47 Å². The SMILES string of the molecule is Cc1ccc(C(C)C)c(OCC(=O)N[C@H]2CC(C)(C)Oc3cc(C)ccc32)c1. The smallest absolute Gasteiger partial charge is 0.258 e. The quantitative estimate of drug-likeness (QED) is 0.772. The molecule has 0 saturated carbocycles. The summed E-state index contributed by atoms with van der Waals surface area (Å²) in [6, 6.07) is 12.2. The fourth-order valence-electron chi connectivity index (χ4n) is 3.71. The van der Waals surface area contributed by atoms with Crippen molar-refractivity contribution in [3.05, 3.63) is 58.7 Å². The van der Waals surface area contributed by atoms with Crippen LogP contribution < -0.4 is 14.8 Å². The minimum absolute atomic E-state index is 0.00214. The standard InChI is InChI=1S/C24H31NO3/c1-15(2)18-9-7-16(3)11-21(18)27-14-23(26)25-20-13-24(5,6)28-22-12-17(4)8-10-19(20)22/h7-12,15,20H,13-14H2,1-6H3,(H,25,26)/t20-/m0/s1. The molecular formula is C24H31NO3. The number of carbonyl (C=O) groups is 1. The lowest BCUT2D eigenvalue weighted by Gasteiger charge is -2.38. The van der Waals surface area contributed by atoms with Gasteiger partial charge in [-0.05, 0) is 62.4 Å². The summed E-state index contributed by atoms with van der Waals surface area (Å²) in [7, 11) is 0. The number of hydrogen-bond acceptors (Lipinski definition) is 3. The zero-order valence-corrected chi connectivity index (χ0v) is 17.8. The Morgan fingerprint density at radius 3 is 2.57 bits per heavy atom. The van der Waals surface area contributed by atoms with Crippen LogP contribution in [0.5, 0.6) is 11.5 Å². The molecule has 2 aromatic rings. The Morgan fingerprint density at radius 2 is 1.86 bits per heavy atom. The van der Waals surface area contributed by atoms with Gasteiger partial charge in [-0.15, -0.1) is 0 Å². The Balaban J connectivity index is 1.71. The first-order valence-electron chi connectivity index (χ1n) is 9.97. The van der Waals surface area contributed by atoms with Gasteiger partial charge in [-0.3, -0.25) is 4.79 Å². The fraction of sp³-hybridized carbons (Fsp3) is 0.458. The zero-order chi connectivity index (χ0) is 20.5. The average molecular weight is 382 g/mol.